The summed E-state index contributed by atoms with van der Waals surface area (Å²) in [7, 11) is 4.22. The first-order valence-corrected chi connectivity index (χ1v) is 11.4. The van der Waals surface area contributed by atoms with Crippen LogP contribution in [-0.4, -0.2) is 28.7 Å². The van der Waals surface area contributed by atoms with Crippen molar-refractivity contribution in [3.05, 3.63) is 59.5 Å². The summed E-state index contributed by atoms with van der Waals surface area (Å²) < 4.78 is 26.4. The molecule has 2 aromatic carbocycles. The number of carbonyl (C=O) groups is 1. The van der Waals surface area contributed by atoms with Gasteiger partial charge in [-0.2, -0.15) is 0 Å². The number of likely N-dealkylation sites (N-methyl/N-ethyl adjacent to an activating group) is 1. The molecule has 0 saturated heterocycles. The summed E-state index contributed by atoms with van der Waals surface area (Å²) in [5.74, 6) is -0.397. The molecule has 0 bridgehead atoms. The summed E-state index contributed by atoms with van der Waals surface area (Å²) in [4.78, 5) is 18.4. The third-order valence-electron chi connectivity index (χ3n) is 4.28. The molecule has 1 aromatic heterocycles. The zero-order chi connectivity index (χ0) is 20.4. The van der Waals surface area contributed by atoms with Crippen molar-refractivity contribution in [3.8, 4) is 11.1 Å². The van der Waals surface area contributed by atoms with Crippen molar-refractivity contribution in [2.45, 2.75) is 17.6 Å². The Balaban J connectivity index is 1.74. The number of anilines is 1. The number of hydrogen-bond acceptors (Lipinski definition) is 4. The van der Waals surface area contributed by atoms with Crippen LogP contribution in [0.4, 0.5) is 9.52 Å². The lowest BCUT2D eigenvalue weighted by Gasteiger charge is -2.14. The Morgan fingerprint density at radius 1 is 1.29 bits per heavy atom. The maximum absolute atomic E-state index is 14.1. The van der Waals surface area contributed by atoms with Crippen LogP contribution >= 0.6 is 20.6 Å². The smallest absolute Gasteiger partial charge is 0.232 e. The third kappa shape index (κ3) is 4.61. The fourth-order valence-corrected chi connectivity index (χ4v) is 4.94. The number of thiazole rings is 1. The topological polar surface area (TPSA) is 56.3 Å². The molecule has 2 unspecified atom stereocenters. The largest absolute Gasteiger partial charge is 0.611 e. The van der Waals surface area contributed by atoms with E-state index in [0.717, 1.165) is 16.4 Å². The molecule has 0 spiro atoms. The van der Waals surface area contributed by atoms with Crippen LogP contribution in [0.2, 0.25) is 0 Å². The van der Waals surface area contributed by atoms with E-state index in [1.54, 1.807) is 32.4 Å². The molecule has 0 saturated carbocycles. The normalized spacial score (nSPS) is 12.1. The Hall–Kier alpha value is -1.79. The standard InChI is InChI=1S/C20H20FN2O2PS2/c1-12-19(28(3)25)27-20(22-12)23(2)18(24)10-13-4-6-14(7-5-13)16-11-15(26)8-9-17(16)21/h4-9,11H,10,26H2,1-3H3. The Kier molecular flexibility index (Phi) is 6.50. The van der Waals surface area contributed by atoms with Crippen LogP contribution < -0.4 is 10.2 Å². The molecule has 0 aliphatic heterocycles. The van der Waals surface area contributed by atoms with Crippen molar-refractivity contribution in [1.82, 2.24) is 4.98 Å². The SMILES string of the molecule is Cc1nc(N(C)C(=O)Cc2ccc(-c3cc(P)ccc3F)cc2)sc1[S+](C)[O-]. The molecular formula is C20H20FN2O2PS2. The van der Waals surface area contributed by atoms with E-state index < -0.39 is 11.2 Å². The number of aromatic nitrogens is 1. The summed E-state index contributed by atoms with van der Waals surface area (Å²) in [5, 5.41) is 1.44. The molecule has 3 aromatic rings. The predicted molar refractivity (Wildman–Crippen MR) is 117 cm³/mol. The number of benzene rings is 2. The Morgan fingerprint density at radius 3 is 2.57 bits per heavy atom. The summed E-state index contributed by atoms with van der Waals surface area (Å²) in [6, 6.07) is 12.2. The second kappa shape index (κ2) is 8.70. The number of hydrogen-bond donors (Lipinski definition) is 0. The number of halogens is 1. The van der Waals surface area contributed by atoms with Crippen LogP contribution in [0.15, 0.2) is 46.7 Å². The van der Waals surface area contributed by atoms with Crippen molar-refractivity contribution in [2.75, 3.05) is 18.2 Å². The van der Waals surface area contributed by atoms with Gasteiger partial charge < -0.3 is 4.55 Å². The van der Waals surface area contributed by atoms with Gasteiger partial charge in [-0.25, -0.2) is 9.37 Å². The van der Waals surface area contributed by atoms with Crippen LogP contribution in [0.25, 0.3) is 11.1 Å². The minimum Gasteiger partial charge on any atom is -0.611 e. The third-order valence-corrected chi connectivity index (χ3v) is 7.43. The fraction of sp³-hybridized carbons (Fsp3) is 0.200. The molecule has 0 fully saturated rings. The van der Waals surface area contributed by atoms with Crippen LogP contribution in [0.3, 0.4) is 0 Å². The van der Waals surface area contributed by atoms with Crippen molar-refractivity contribution in [3.63, 3.8) is 0 Å². The highest BCUT2D eigenvalue weighted by Gasteiger charge is 2.21. The average molecular weight is 434 g/mol. The lowest BCUT2D eigenvalue weighted by Crippen LogP contribution is -2.27. The van der Waals surface area contributed by atoms with E-state index in [9.17, 15) is 13.7 Å². The lowest BCUT2D eigenvalue weighted by molar-refractivity contribution is -0.117. The van der Waals surface area contributed by atoms with Gasteiger partial charge in [0.25, 0.3) is 0 Å². The average Bonchev–Trinajstić information content (AvgIpc) is 3.05. The van der Waals surface area contributed by atoms with E-state index >= 15 is 0 Å². The second-order valence-corrected chi connectivity index (χ2v) is 9.61. The van der Waals surface area contributed by atoms with Gasteiger partial charge in [0.05, 0.1) is 6.42 Å². The zero-order valence-electron chi connectivity index (χ0n) is 15.7. The van der Waals surface area contributed by atoms with Crippen molar-refractivity contribution in [1.29, 1.82) is 0 Å². The first-order chi connectivity index (χ1) is 13.3. The molecule has 0 aliphatic carbocycles. The maximum atomic E-state index is 14.1. The predicted octanol–water partition coefficient (Wildman–Crippen LogP) is 3.70. The number of aryl methyl sites for hydroxylation is 1. The van der Waals surface area contributed by atoms with E-state index in [-0.39, 0.29) is 18.1 Å². The molecule has 0 radical (unpaired) electrons. The van der Waals surface area contributed by atoms with Gasteiger partial charge in [0, 0.05) is 12.6 Å². The quantitative estimate of drug-likeness (QED) is 0.455. The van der Waals surface area contributed by atoms with Crippen LogP contribution in [0.1, 0.15) is 11.3 Å². The first-order valence-electron chi connectivity index (χ1n) is 8.48. The Morgan fingerprint density at radius 2 is 1.96 bits per heavy atom. The highest BCUT2D eigenvalue weighted by atomic mass is 32.2. The molecule has 28 heavy (non-hydrogen) atoms. The van der Waals surface area contributed by atoms with Gasteiger partial charge in [-0.1, -0.05) is 30.3 Å². The van der Waals surface area contributed by atoms with Crippen molar-refractivity contribution in [2.24, 2.45) is 0 Å². The number of amides is 1. The minimum absolute atomic E-state index is 0.118. The molecule has 3 rings (SSSR count). The van der Waals surface area contributed by atoms with E-state index in [2.05, 4.69) is 14.2 Å². The van der Waals surface area contributed by atoms with E-state index in [1.165, 1.54) is 22.3 Å². The van der Waals surface area contributed by atoms with Gasteiger partial charge in [0.15, 0.2) is 5.13 Å². The van der Waals surface area contributed by atoms with Gasteiger partial charge in [0.1, 0.15) is 17.8 Å². The van der Waals surface area contributed by atoms with Gasteiger partial charge in [0.2, 0.25) is 10.1 Å². The molecule has 4 nitrogen and oxygen atoms in total. The molecule has 1 heterocycles. The second-order valence-electron chi connectivity index (χ2n) is 6.39. The number of rotatable bonds is 5. The van der Waals surface area contributed by atoms with Gasteiger partial charge in [-0.15, -0.1) is 9.24 Å². The molecule has 0 aliphatic rings. The Bertz CT molecular complexity index is 1010. The summed E-state index contributed by atoms with van der Waals surface area (Å²) in [6.07, 6.45) is 1.80. The molecule has 0 N–H and O–H groups in total. The van der Waals surface area contributed by atoms with Gasteiger partial charge in [-0.05, 0) is 58.0 Å². The van der Waals surface area contributed by atoms with Crippen molar-refractivity contribution < 1.29 is 13.7 Å². The van der Waals surface area contributed by atoms with Crippen LogP contribution in [0, 0.1) is 12.7 Å². The van der Waals surface area contributed by atoms with E-state index in [1.807, 2.05) is 24.3 Å². The van der Waals surface area contributed by atoms with E-state index in [0.29, 0.717) is 20.6 Å². The zero-order valence-corrected chi connectivity index (χ0v) is 18.5. The first kappa shape index (κ1) is 20.9. The Labute approximate surface area is 173 Å². The number of nitrogens with zero attached hydrogens (tertiary/aromatic N) is 2. The molecule has 146 valence electrons. The summed E-state index contributed by atoms with van der Waals surface area (Å²) in [6.45, 7) is 1.79. The monoisotopic (exact) mass is 434 g/mol. The van der Waals surface area contributed by atoms with Crippen LogP contribution in [-0.2, 0) is 22.4 Å². The van der Waals surface area contributed by atoms with Gasteiger partial charge >= 0.3 is 0 Å². The maximum Gasteiger partial charge on any atom is 0.232 e. The lowest BCUT2D eigenvalue weighted by atomic mass is 10.0. The summed E-state index contributed by atoms with van der Waals surface area (Å²) in [5.41, 5.74) is 2.80. The molecule has 2 atom stereocenters. The van der Waals surface area contributed by atoms with Crippen LogP contribution in [0.5, 0.6) is 0 Å². The number of carbonyl (C=O) groups excluding carboxylic acids is 1. The highest BCUT2D eigenvalue weighted by Crippen LogP contribution is 2.29. The fourth-order valence-electron chi connectivity index (χ4n) is 2.74. The summed E-state index contributed by atoms with van der Waals surface area (Å²) >= 11 is 0.141. The highest BCUT2D eigenvalue weighted by molar-refractivity contribution is 7.92. The minimum atomic E-state index is -1.13. The molecule has 1 amide bonds. The molecular weight excluding hydrogens is 414 g/mol. The van der Waals surface area contributed by atoms with E-state index in [4.69, 9.17) is 0 Å². The van der Waals surface area contributed by atoms with Crippen molar-refractivity contribution >= 4 is 48.1 Å². The van der Waals surface area contributed by atoms with Gasteiger partial charge in [-0.3, -0.25) is 9.69 Å². The molecule has 8 heteroatoms.